The molecule has 1 aromatic carbocycles. The number of carbonyl (C=O) groups is 1. The van der Waals surface area contributed by atoms with Crippen molar-refractivity contribution in [1.82, 2.24) is 14.9 Å². The number of ether oxygens (including phenoxy) is 1. The molecule has 2 aromatic heterocycles. The number of pyridine rings is 1. The predicted octanol–water partition coefficient (Wildman–Crippen LogP) is 4.92. The zero-order valence-electron chi connectivity index (χ0n) is 17.2. The Bertz CT molecular complexity index is 1100. The molecule has 3 heterocycles. The fraction of sp³-hybridized carbons (Fsp3) is 0.318. The molecular weight excluding hydrogens is 422 g/mol. The number of amides is 1. The average Bonchev–Trinajstić information content (AvgIpc) is 3.36. The molecule has 1 aliphatic rings. The van der Waals surface area contributed by atoms with Crippen LogP contribution < -0.4 is 10.1 Å². The van der Waals surface area contributed by atoms with Gasteiger partial charge >= 0.3 is 0 Å². The van der Waals surface area contributed by atoms with Crippen molar-refractivity contribution < 1.29 is 18.3 Å². The van der Waals surface area contributed by atoms with E-state index in [0.717, 1.165) is 52.1 Å². The number of anilines is 2. The highest BCUT2D eigenvalue weighted by molar-refractivity contribution is 7.15. The molecule has 6 nitrogen and oxygen atoms in total. The first-order valence-corrected chi connectivity index (χ1v) is 10.8. The summed E-state index contributed by atoms with van der Waals surface area (Å²) < 4.78 is 32.1. The van der Waals surface area contributed by atoms with Crippen LogP contribution in [0.2, 0.25) is 0 Å². The van der Waals surface area contributed by atoms with Crippen molar-refractivity contribution in [2.24, 2.45) is 0 Å². The lowest BCUT2D eigenvalue weighted by atomic mass is 10.1. The quantitative estimate of drug-likeness (QED) is 0.585. The number of hydrogen-bond donors (Lipinski definition) is 1. The Labute approximate surface area is 182 Å². The third-order valence-electron chi connectivity index (χ3n) is 5.01. The van der Waals surface area contributed by atoms with Gasteiger partial charge < -0.3 is 15.0 Å². The summed E-state index contributed by atoms with van der Waals surface area (Å²) >= 11 is 1.56. The molecule has 0 spiro atoms. The van der Waals surface area contributed by atoms with E-state index in [1.54, 1.807) is 16.2 Å². The van der Waals surface area contributed by atoms with Crippen molar-refractivity contribution in [3.05, 3.63) is 64.4 Å². The molecule has 1 unspecified atom stereocenters. The van der Waals surface area contributed by atoms with Crippen LogP contribution in [0, 0.1) is 25.5 Å². The molecule has 0 radical (unpaired) electrons. The van der Waals surface area contributed by atoms with Gasteiger partial charge in [-0.2, -0.15) is 0 Å². The minimum Gasteiger partial charge on any atom is -0.481 e. The standard InChI is InChI=1S/C22H22F2N4O2S/c1-13-8-16(27-22-25-11-14(2)31-22)10-18(26-13)19-4-3-7-28(19)21(29)12-30-20-6-5-15(23)9-17(20)24/h5-6,8-11,19H,3-4,7,12H2,1-2H3,(H,25,26,27). The van der Waals surface area contributed by atoms with E-state index in [9.17, 15) is 13.6 Å². The maximum atomic E-state index is 13.8. The van der Waals surface area contributed by atoms with Crippen LogP contribution in [0.25, 0.3) is 0 Å². The monoisotopic (exact) mass is 444 g/mol. The molecule has 1 fully saturated rings. The van der Waals surface area contributed by atoms with E-state index >= 15 is 0 Å². The lowest BCUT2D eigenvalue weighted by Crippen LogP contribution is -2.35. The minimum absolute atomic E-state index is 0.149. The van der Waals surface area contributed by atoms with Crippen LogP contribution in [0.3, 0.4) is 0 Å². The fourth-order valence-electron chi connectivity index (χ4n) is 3.66. The molecule has 0 bridgehead atoms. The average molecular weight is 445 g/mol. The van der Waals surface area contributed by atoms with E-state index in [-0.39, 0.29) is 24.3 Å². The summed E-state index contributed by atoms with van der Waals surface area (Å²) in [6, 6.07) is 6.68. The van der Waals surface area contributed by atoms with Crippen molar-refractivity contribution in [3.8, 4) is 5.75 Å². The molecule has 9 heteroatoms. The van der Waals surface area contributed by atoms with Crippen molar-refractivity contribution in [1.29, 1.82) is 0 Å². The molecule has 4 rings (SSSR count). The molecule has 1 atom stereocenters. The second kappa shape index (κ2) is 8.97. The molecule has 1 amide bonds. The summed E-state index contributed by atoms with van der Waals surface area (Å²) in [5.74, 6) is -1.94. The van der Waals surface area contributed by atoms with E-state index in [1.807, 2.05) is 32.2 Å². The molecule has 1 N–H and O–H groups in total. The third-order valence-corrected chi connectivity index (χ3v) is 5.83. The Morgan fingerprint density at radius 1 is 1.29 bits per heavy atom. The number of benzene rings is 1. The van der Waals surface area contributed by atoms with Crippen LogP contribution in [0.4, 0.5) is 19.6 Å². The fourth-order valence-corrected chi connectivity index (χ4v) is 4.35. The van der Waals surface area contributed by atoms with Crippen LogP contribution in [-0.2, 0) is 4.79 Å². The molecule has 1 saturated heterocycles. The van der Waals surface area contributed by atoms with E-state index in [4.69, 9.17) is 4.74 Å². The van der Waals surface area contributed by atoms with Crippen LogP contribution >= 0.6 is 11.3 Å². The van der Waals surface area contributed by atoms with E-state index in [0.29, 0.717) is 6.54 Å². The number of nitrogens with one attached hydrogen (secondary N) is 1. The Kier molecular flexibility index (Phi) is 6.13. The van der Waals surface area contributed by atoms with Crippen molar-refractivity contribution in [2.45, 2.75) is 32.7 Å². The minimum atomic E-state index is -0.834. The Hall–Kier alpha value is -3.07. The van der Waals surface area contributed by atoms with Gasteiger partial charge in [0, 0.05) is 35.1 Å². The van der Waals surface area contributed by atoms with Gasteiger partial charge in [-0.25, -0.2) is 13.8 Å². The Morgan fingerprint density at radius 3 is 2.87 bits per heavy atom. The molecule has 3 aromatic rings. The second-order valence-electron chi connectivity index (χ2n) is 7.43. The van der Waals surface area contributed by atoms with Crippen molar-refractivity contribution in [3.63, 3.8) is 0 Å². The maximum absolute atomic E-state index is 13.8. The van der Waals surface area contributed by atoms with Crippen LogP contribution in [-0.4, -0.2) is 33.9 Å². The lowest BCUT2D eigenvalue weighted by molar-refractivity contribution is -0.134. The van der Waals surface area contributed by atoms with E-state index in [2.05, 4.69) is 15.3 Å². The number of likely N-dealkylation sites (tertiary alicyclic amines) is 1. The number of hydrogen-bond acceptors (Lipinski definition) is 6. The largest absolute Gasteiger partial charge is 0.481 e. The number of nitrogens with zero attached hydrogens (tertiary/aromatic N) is 3. The van der Waals surface area contributed by atoms with Gasteiger partial charge in [-0.3, -0.25) is 9.78 Å². The van der Waals surface area contributed by atoms with Gasteiger partial charge in [0.05, 0.1) is 11.7 Å². The maximum Gasteiger partial charge on any atom is 0.261 e. The van der Waals surface area contributed by atoms with Crippen molar-refractivity contribution in [2.75, 3.05) is 18.5 Å². The highest BCUT2D eigenvalue weighted by Crippen LogP contribution is 2.33. The highest BCUT2D eigenvalue weighted by Gasteiger charge is 2.31. The molecule has 162 valence electrons. The van der Waals surface area contributed by atoms with Crippen LogP contribution in [0.1, 0.15) is 35.1 Å². The van der Waals surface area contributed by atoms with E-state index < -0.39 is 11.6 Å². The number of halogens is 2. The summed E-state index contributed by atoms with van der Waals surface area (Å²) in [7, 11) is 0. The molecular formula is C22H22F2N4O2S. The summed E-state index contributed by atoms with van der Waals surface area (Å²) in [4.78, 5) is 24.6. The van der Waals surface area contributed by atoms with Gasteiger partial charge in [0.25, 0.3) is 5.91 Å². The van der Waals surface area contributed by atoms with Gasteiger partial charge in [-0.05, 0) is 51.0 Å². The van der Waals surface area contributed by atoms with Gasteiger partial charge in [0.15, 0.2) is 23.3 Å². The summed E-state index contributed by atoms with van der Waals surface area (Å²) in [6.45, 7) is 4.15. The normalized spacial score (nSPS) is 15.9. The number of rotatable bonds is 6. The molecule has 1 aliphatic heterocycles. The lowest BCUT2D eigenvalue weighted by Gasteiger charge is -2.25. The number of carbonyl (C=O) groups excluding carboxylic acids is 1. The summed E-state index contributed by atoms with van der Waals surface area (Å²) in [5, 5.41) is 4.09. The number of aromatic nitrogens is 2. The SMILES string of the molecule is Cc1cc(Nc2ncc(C)s2)cc(C2CCCN2C(=O)COc2ccc(F)cc2F)n1. The Morgan fingerprint density at radius 2 is 2.13 bits per heavy atom. The number of aryl methyl sites for hydroxylation is 2. The summed E-state index contributed by atoms with van der Waals surface area (Å²) in [6.07, 6.45) is 3.43. The Balaban J connectivity index is 1.47. The first kappa shape index (κ1) is 21.2. The molecule has 31 heavy (non-hydrogen) atoms. The van der Waals surface area contributed by atoms with Gasteiger partial charge in [-0.15, -0.1) is 11.3 Å². The van der Waals surface area contributed by atoms with Gasteiger partial charge in [0.2, 0.25) is 0 Å². The zero-order valence-corrected chi connectivity index (χ0v) is 18.0. The predicted molar refractivity (Wildman–Crippen MR) is 115 cm³/mol. The topological polar surface area (TPSA) is 67.4 Å². The first-order valence-electron chi connectivity index (χ1n) is 9.94. The van der Waals surface area contributed by atoms with Gasteiger partial charge in [-0.1, -0.05) is 0 Å². The van der Waals surface area contributed by atoms with Crippen LogP contribution in [0.5, 0.6) is 5.75 Å². The van der Waals surface area contributed by atoms with Gasteiger partial charge in [0.1, 0.15) is 5.82 Å². The van der Waals surface area contributed by atoms with Crippen molar-refractivity contribution >= 4 is 28.1 Å². The highest BCUT2D eigenvalue weighted by atomic mass is 32.1. The van der Waals surface area contributed by atoms with E-state index in [1.165, 1.54) is 6.07 Å². The summed E-state index contributed by atoms with van der Waals surface area (Å²) in [5.41, 5.74) is 2.48. The smallest absolute Gasteiger partial charge is 0.261 e. The second-order valence-corrected chi connectivity index (χ2v) is 8.67. The first-order chi connectivity index (χ1) is 14.9. The molecule has 0 aliphatic carbocycles. The molecule has 0 saturated carbocycles. The van der Waals surface area contributed by atoms with Crippen LogP contribution in [0.15, 0.2) is 36.5 Å². The third kappa shape index (κ3) is 4.99. The number of thiazole rings is 1. The zero-order chi connectivity index (χ0) is 22.0.